The minimum absolute atomic E-state index is 0.275. The SMILES string of the molecule is CCn1ncc(NC(=O)c2cc(C)ccc2C)c1C(=O)Nc1cnn(C)c1C. The smallest absolute Gasteiger partial charge is 0.276 e. The molecule has 0 aliphatic carbocycles. The highest BCUT2D eigenvalue weighted by Gasteiger charge is 2.22. The minimum atomic E-state index is -0.355. The van der Waals surface area contributed by atoms with Gasteiger partial charge in [-0.2, -0.15) is 10.2 Å². The van der Waals surface area contributed by atoms with Crippen LogP contribution in [0.3, 0.4) is 0 Å². The summed E-state index contributed by atoms with van der Waals surface area (Å²) in [5.41, 5.74) is 4.53. The number of rotatable bonds is 5. The van der Waals surface area contributed by atoms with E-state index in [2.05, 4.69) is 20.8 Å². The number of amides is 2. The van der Waals surface area contributed by atoms with Crippen molar-refractivity contribution in [3.05, 3.63) is 58.7 Å². The quantitative estimate of drug-likeness (QED) is 0.711. The summed E-state index contributed by atoms with van der Waals surface area (Å²) in [6.45, 7) is 8.05. The Balaban J connectivity index is 1.90. The maximum Gasteiger partial charge on any atom is 0.276 e. The number of hydrogen-bond acceptors (Lipinski definition) is 4. The van der Waals surface area contributed by atoms with Gasteiger partial charge in [-0.25, -0.2) is 0 Å². The van der Waals surface area contributed by atoms with Crippen LogP contribution in [0.25, 0.3) is 0 Å². The Kier molecular flexibility index (Phi) is 5.30. The number of anilines is 2. The second-order valence-electron chi connectivity index (χ2n) is 6.72. The highest BCUT2D eigenvalue weighted by atomic mass is 16.2. The summed E-state index contributed by atoms with van der Waals surface area (Å²) < 4.78 is 3.23. The van der Waals surface area contributed by atoms with Crippen LogP contribution < -0.4 is 10.6 Å². The molecule has 8 nitrogen and oxygen atoms in total. The molecule has 146 valence electrons. The van der Waals surface area contributed by atoms with E-state index in [1.165, 1.54) is 6.20 Å². The highest BCUT2D eigenvalue weighted by Crippen LogP contribution is 2.21. The maximum absolute atomic E-state index is 12.9. The van der Waals surface area contributed by atoms with Gasteiger partial charge in [0.25, 0.3) is 11.8 Å². The lowest BCUT2D eigenvalue weighted by Gasteiger charge is -2.11. The van der Waals surface area contributed by atoms with Crippen LogP contribution in [-0.4, -0.2) is 31.4 Å². The van der Waals surface area contributed by atoms with Crippen LogP contribution in [0.2, 0.25) is 0 Å². The first-order chi connectivity index (χ1) is 13.3. The van der Waals surface area contributed by atoms with Crippen LogP contribution >= 0.6 is 0 Å². The third kappa shape index (κ3) is 3.66. The molecule has 2 N–H and O–H groups in total. The van der Waals surface area contributed by atoms with Gasteiger partial charge in [-0.15, -0.1) is 0 Å². The van der Waals surface area contributed by atoms with Gasteiger partial charge in [0.15, 0.2) is 0 Å². The second kappa shape index (κ2) is 7.67. The Morgan fingerprint density at radius 1 is 1.00 bits per heavy atom. The standard InChI is InChI=1S/C20H24N6O2/c1-6-26-18(20(28)23-16-10-21-25(5)14(16)4)17(11-22-26)24-19(27)15-9-12(2)7-8-13(15)3/h7-11H,6H2,1-5H3,(H,23,28)(H,24,27). The molecule has 0 unspecified atom stereocenters. The van der Waals surface area contributed by atoms with Crippen LogP contribution in [0.1, 0.15) is 44.6 Å². The molecule has 0 saturated carbocycles. The van der Waals surface area contributed by atoms with Gasteiger partial charge in [0.05, 0.1) is 29.5 Å². The maximum atomic E-state index is 12.9. The predicted molar refractivity (Wildman–Crippen MR) is 108 cm³/mol. The van der Waals surface area contributed by atoms with Crippen LogP contribution in [0.5, 0.6) is 0 Å². The topological polar surface area (TPSA) is 93.8 Å². The van der Waals surface area contributed by atoms with Crippen LogP contribution in [-0.2, 0) is 13.6 Å². The Labute approximate surface area is 163 Å². The summed E-state index contributed by atoms with van der Waals surface area (Å²) in [6, 6.07) is 5.68. The number of nitrogens with zero attached hydrogens (tertiary/aromatic N) is 4. The molecule has 1 aromatic carbocycles. The molecule has 8 heteroatoms. The summed E-state index contributed by atoms with van der Waals surface area (Å²) in [4.78, 5) is 25.7. The lowest BCUT2D eigenvalue weighted by molar-refractivity contribution is 0.101. The van der Waals surface area contributed by atoms with Gasteiger partial charge in [-0.05, 0) is 39.3 Å². The van der Waals surface area contributed by atoms with Gasteiger partial charge >= 0.3 is 0 Å². The van der Waals surface area contributed by atoms with Gasteiger partial charge in [-0.1, -0.05) is 17.7 Å². The van der Waals surface area contributed by atoms with Crippen molar-refractivity contribution >= 4 is 23.2 Å². The third-order valence-electron chi connectivity index (χ3n) is 4.72. The molecule has 3 rings (SSSR count). The zero-order valence-corrected chi connectivity index (χ0v) is 16.7. The molecule has 3 aromatic rings. The van der Waals surface area contributed by atoms with E-state index in [4.69, 9.17) is 0 Å². The van der Waals surface area contributed by atoms with E-state index in [-0.39, 0.29) is 11.8 Å². The van der Waals surface area contributed by atoms with Crippen molar-refractivity contribution in [2.45, 2.75) is 34.2 Å². The Morgan fingerprint density at radius 3 is 2.32 bits per heavy atom. The van der Waals surface area contributed by atoms with Crippen molar-refractivity contribution in [1.82, 2.24) is 19.6 Å². The van der Waals surface area contributed by atoms with Gasteiger partial charge in [0, 0.05) is 19.2 Å². The highest BCUT2D eigenvalue weighted by molar-refractivity contribution is 6.12. The monoisotopic (exact) mass is 380 g/mol. The summed E-state index contributed by atoms with van der Waals surface area (Å²) in [7, 11) is 1.80. The van der Waals surface area contributed by atoms with E-state index in [9.17, 15) is 9.59 Å². The lowest BCUT2D eigenvalue weighted by atomic mass is 10.1. The number of benzene rings is 1. The van der Waals surface area contributed by atoms with Crippen LogP contribution in [0, 0.1) is 20.8 Å². The van der Waals surface area contributed by atoms with Crippen molar-refractivity contribution in [3.8, 4) is 0 Å². The van der Waals surface area contributed by atoms with E-state index in [0.717, 1.165) is 16.8 Å². The molecular weight excluding hydrogens is 356 g/mol. The normalized spacial score (nSPS) is 10.8. The number of nitrogens with one attached hydrogen (secondary N) is 2. The summed E-state index contributed by atoms with van der Waals surface area (Å²) >= 11 is 0. The first-order valence-corrected chi connectivity index (χ1v) is 9.06. The summed E-state index contributed by atoms with van der Waals surface area (Å²) in [5, 5.41) is 14.0. The molecule has 0 fully saturated rings. The molecule has 28 heavy (non-hydrogen) atoms. The number of aromatic nitrogens is 4. The zero-order chi connectivity index (χ0) is 20.4. The van der Waals surface area contributed by atoms with Gasteiger partial charge < -0.3 is 10.6 Å². The largest absolute Gasteiger partial charge is 0.319 e. The fourth-order valence-electron chi connectivity index (χ4n) is 2.93. The van der Waals surface area contributed by atoms with Crippen molar-refractivity contribution in [2.24, 2.45) is 7.05 Å². The number of aryl methyl sites for hydroxylation is 4. The number of carbonyl (C=O) groups is 2. The van der Waals surface area contributed by atoms with E-state index >= 15 is 0 Å². The molecule has 0 aliphatic heterocycles. The van der Waals surface area contributed by atoms with Crippen molar-refractivity contribution in [2.75, 3.05) is 10.6 Å². The minimum Gasteiger partial charge on any atom is -0.319 e. The Bertz CT molecular complexity index is 1050. The van der Waals surface area contributed by atoms with Gasteiger partial charge in [0.2, 0.25) is 0 Å². The lowest BCUT2D eigenvalue weighted by Crippen LogP contribution is -2.21. The second-order valence-corrected chi connectivity index (χ2v) is 6.72. The zero-order valence-electron chi connectivity index (χ0n) is 16.7. The Morgan fingerprint density at radius 2 is 1.68 bits per heavy atom. The third-order valence-corrected chi connectivity index (χ3v) is 4.72. The fraction of sp³-hybridized carbons (Fsp3) is 0.300. The van der Waals surface area contributed by atoms with Crippen LogP contribution in [0.4, 0.5) is 11.4 Å². The fourth-order valence-corrected chi connectivity index (χ4v) is 2.93. The molecule has 2 aromatic heterocycles. The average molecular weight is 380 g/mol. The first-order valence-electron chi connectivity index (χ1n) is 9.06. The van der Waals surface area contributed by atoms with E-state index in [1.54, 1.807) is 22.6 Å². The molecular formula is C20H24N6O2. The van der Waals surface area contributed by atoms with E-state index in [1.807, 2.05) is 45.9 Å². The summed E-state index contributed by atoms with van der Waals surface area (Å²) in [5.74, 6) is -0.629. The molecule has 0 atom stereocenters. The molecule has 2 heterocycles. The Hall–Kier alpha value is -3.42. The van der Waals surface area contributed by atoms with E-state index in [0.29, 0.717) is 29.2 Å². The first kappa shape index (κ1) is 19.3. The van der Waals surface area contributed by atoms with Gasteiger partial charge in [-0.3, -0.25) is 19.0 Å². The molecule has 0 saturated heterocycles. The van der Waals surface area contributed by atoms with Crippen molar-refractivity contribution in [3.63, 3.8) is 0 Å². The average Bonchev–Trinajstić information content (AvgIpc) is 3.21. The number of hydrogen-bond donors (Lipinski definition) is 2. The van der Waals surface area contributed by atoms with E-state index < -0.39 is 0 Å². The molecule has 0 aliphatic rings. The van der Waals surface area contributed by atoms with Gasteiger partial charge in [0.1, 0.15) is 5.69 Å². The molecule has 0 spiro atoms. The number of carbonyl (C=O) groups excluding carboxylic acids is 2. The van der Waals surface area contributed by atoms with Crippen molar-refractivity contribution < 1.29 is 9.59 Å². The molecule has 2 amide bonds. The predicted octanol–water partition coefficient (Wildman–Crippen LogP) is 3.07. The molecule has 0 bridgehead atoms. The summed E-state index contributed by atoms with van der Waals surface area (Å²) in [6.07, 6.45) is 3.09. The van der Waals surface area contributed by atoms with Crippen molar-refractivity contribution in [1.29, 1.82) is 0 Å². The van der Waals surface area contributed by atoms with Crippen LogP contribution in [0.15, 0.2) is 30.6 Å². The molecule has 0 radical (unpaired) electrons.